The molecule has 8 heteroatoms. The molecule has 0 heterocycles. The lowest BCUT2D eigenvalue weighted by Crippen LogP contribution is -2.43. The van der Waals surface area contributed by atoms with Crippen LogP contribution in [-0.2, 0) is 19.9 Å². The third kappa shape index (κ3) is 7.24. The van der Waals surface area contributed by atoms with Gasteiger partial charge in [0.25, 0.3) is 0 Å². The second-order valence-corrected chi connectivity index (χ2v) is 9.31. The molecule has 0 aromatic carbocycles. The Hall–Kier alpha value is -0.180. The first-order valence-electron chi connectivity index (χ1n) is 6.63. The van der Waals surface area contributed by atoms with Gasteiger partial charge in [0.1, 0.15) is 9.84 Å². The zero-order chi connectivity index (χ0) is 14.5. The molecule has 1 aliphatic rings. The Kier molecular flexibility index (Phi) is 6.22. The van der Waals surface area contributed by atoms with Crippen molar-refractivity contribution in [1.29, 1.82) is 0 Å². The van der Waals surface area contributed by atoms with Crippen molar-refractivity contribution in [2.75, 3.05) is 24.3 Å². The maximum Gasteiger partial charge on any atom is 0.212 e. The van der Waals surface area contributed by atoms with E-state index in [2.05, 4.69) is 17.0 Å². The Labute approximate surface area is 116 Å². The van der Waals surface area contributed by atoms with E-state index in [0.717, 1.165) is 38.5 Å². The predicted octanol–water partition coefficient (Wildman–Crippen LogP) is -0.129. The van der Waals surface area contributed by atoms with E-state index < -0.39 is 19.9 Å². The molecule has 1 aliphatic carbocycles. The lowest BCUT2D eigenvalue weighted by Gasteiger charge is -2.29. The topological polar surface area (TPSA) is 92.3 Å². The Morgan fingerprint density at radius 1 is 0.947 bits per heavy atom. The van der Waals surface area contributed by atoms with Crippen LogP contribution in [0.3, 0.4) is 0 Å². The Morgan fingerprint density at radius 2 is 1.47 bits per heavy atom. The van der Waals surface area contributed by atoms with Crippen molar-refractivity contribution < 1.29 is 16.8 Å². The fourth-order valence-corrected chi connectivity index (χ4v) is 5.23. The molecule has 6 nitrogen and oxygen atoms in total. The van der Waals surface area contributed by atoms with Crippen LogP contribution in [0.5, 0.6) is 0 Å². The van der Waals surface area contributed by atoms with Gasteiger partial charge in [0.05, 0.1) is 11.5 Å². The van der Waals surface area contributed by atoms with Gasteiger partial charge in [0, 0.05) is 18.3 Å². The molecule has 0 aromatic heterocycles. The van der Waals surface area contributed by atoms with Crippen LogP contribution < -0.4 is 10.0 Å². The molecule has 19 heavy (non-hydrogen) atoms. The molecule has 0 aliphatic heterocycles. The van der Waals surface area contributed by atoms with Crippen molar-refractivity contribution in [2.24, 2.45) is 0 Å². The molecule has 1 rings (SSSR count). The van der Waals surface area contributed by atoms with Gasteiger partial charge in [0.15, 0.2) is 0 Å². The molecule has 2 N–H and O–H groups in total. The fourth-order valence-electron chi connectivity index (χ4n) is 2.28. The van der Waals surface area contributed by atoms with Crippen molar-refractivity contribution in [3.05, 3.63) is 0 Å². The molecule has 0 radical (unpaired) electrons. The van der Waals surface area contributed by atoms with Gasteiger partial charge in [-0.15, -0.1) is 0 Å². The van der Waals surface area contributed by atoms with E-state index in [0.29, 0.717) is 6.04 Å². The number of rotatable bonds is 7. The van der Waals surface area contributed by atoms with Crippen molar-refractivity contribution in [1.82, 2.24) is 10.0 Å². The number of hydrogen-bond acceptors (Lipinski definition) is 5. The number of nitrogens with one attached hydrogen (secondary N) is 2. The quantitative estimate of drug-likeness (QED) is 0.683. The normalized spacial score (nSPS) is 25.4. The van der Waals surface area contributed by atoms with E-state index >= 15 is 0 Å². The van der Waals surface area contributed by atoms with Gasteiger partial charge in [-0.3, -0.25) is 0 Å². The smallest absolute Gasteiger partial charge is 0.212 e. The second kappa shape index (κ2) is 7.01. The summed E-state index contributed by atoms with van der Waals surface area (Å²) in [4.78, 5) is 0. The molecule has 0 atom stereocenters. The van der Waals surface area contributed by atoms with Gasteiger partial charge in [-0.2, -0.15) is 0 Å². The second-order valence-electron chi connectivity index (χ2n) is 5.17. The van der Waals surface area contributed by atoms with Gasteiger partial charge in [-0.1, -0.05) is 6.92 Å². The lowest BCUT2D eigenvalue weighted by molar-refractivity contribution is 0.333. The summed E-state index contributed by atoms with van der Waals surface area (Å²) in [5.41, 5.74) is 0. The molecule has 0 bridgehead atoms. The minimum atomic E-state index is -3.49. The highest BCUT2D eigenvalue weighted by atomic mass is 32.2. The SMILES string of the molecule is CCNC1CCC(NS(=O)(=O)CCS(C)(=O)=O)CC1. The highest BCUT2D eigenvalue weighted by Gasteiger charge is 2.24. The van der Waals surface area contributed by atoms with Crippen LogP contribution >= 0.6 is 0 Å². The largest absolute Gasteiger partial charge is 0.314 e. The first kappa shape index (κ1) is 16.9. The summed E-state index contributed by atoms with van der Waals surface area (Å²) in [6.07, 6.45) is 4.55. The van der Waals surface area contributed by atoms with Crippen LogP contribution in [-0.4, -0.2) is 53.2 Å². The van der Waals surface area contributed by atoms with E-state index in [1.54, 1.807) is 0 Å². The standard InChI is InChI=1S/C11H24N2O4S2/c1-3-12-10-4-6-11(7-5-10)13-19(16,17)9-8-18(2,14)15/h10-13H,3-9H2,1-2H3. The molecule has 0 unspecified atom stereocenters. The van der Waals surface area contributed by atoms with E-state index in [1.165, 1.54) is 0 Å². The van der Waals surface area contributed by atoms with Crippen molar-refractivity contribution in [2.45, 2.75) is 44.7 Å². The van der Waals surface area contributed by atoms with E-state index in [1.807, 2.05) is 0 Å². The molecule has 0 amide bonds. The Balaban J connectivity index is 2.39. The van der Waals surface area contributed by atoms with E-state index in [9.17, 15) is 16.8 Å². The van der Waals surface area contributed by atoms with Crippen LogP contribution in [0.25, 0.3) is 0 Å². The third-order valence-electron chi connectivity index (χ3n) is 3.29. The van der Waals surface area contributed by atoms with E-state index in [4.69, 9.17) is 0 Å². The predicted molar refractivity (Wildman–Crippen MR) is 76.4 cm³/mol. The van der Waals surface area contributed by atoms with Gasteiger partial charge < -0.3 is 5.32 Å². The van der Waals surface area contributed by atoms with Crippen LogP contribution in [0, 0.1) is 0 Å². The third-order valence-corrected chi connectivity index (χ3v) is 5.93. The molecular weight excluding hydrogens is 288 g/mol. The van der Waals surface area contributed by atoms with Gasteiger partial charge in [0.2, 0.25) is 10.0 Å². The highest BCUT2D eigenvalue weighted by Crippen LogP contribution is 2.19. The van der Waals surface area contributed by atoms with Crippen LogP contribution in [0.15, 0.2) is 0 Å². The first-order valence-corrected chi connectivity index (χ1v) is 10.3. The van der Waals surface area contributed by atoms with Gasteiger partial charge in [-0.25, -0.2) is 21.6 Å². The summed E-state index contributed by atoms with van der Waals surface area (Å²) in [7, 11) is -6.74. The summed E-state index contributed by atoms with van der Waals surface area (Å²) < 4.78 is 48.1. The number of sulfonamides is 1. The maximum atomic E-state index is 11.8. The molecule has 1 saturated carbocycles. The minimum absolute atomic E-state index is 0.0560. The summed E-state index contributed by atoms with van der Waals surface area (Å²) in [5, 5.41) is 3.36. The summed E-state index contributed by atoms with van der Waals surface area (Å²) in [5.74, 6) is -0.673. The van der Waals surface area contributed by atoms with Crippen LogP contribution in [0.2, 0.25) is 0 Å². The van der Waals surface area contributed by atoms with E-state index in [-0.39, 0.29) is 17.5 Å². The Morgan fingerprint density at radius 3 is 1.95 bits per heavy atom. The molecule has 0 aromatic rings. The van der Waals surface area contributed by atoms with Gasteiger partial charge in [-0.05, 0) is 32.2 Å². The van der Waals surface area contributed by atoms with Gasteiger partial charge >= 0.3 is 0 Å². The summed E-state index contributed by atoms with van der Waals surface area (Å²) >= 11 is 0. The fraction of sp³-hybridized carbons (Fsp3) is 1.00. The van der Waals surface area contributed by atoms with Crippen molar-refractivity contribution in [3.8, 4) is 0 Å². The zero-order valence-electron chi connectivity index (χ0n) is 11.6. The summed E-state index contributed by atoms with van der Waals surface area (Å²) in [6.45, 7) is 2.98. The highest BCUT2D eigenvalue weighted by molar-refractivity contribution is 7.93. The van der Waals surface area contributed by atoms with Crippen LogP contribution in [0.4, 0.5) is 0 Å². The van der Waals surface area contributed by atoms with Crippen molar-refractivity contribution >= 4 is 19.9 Å². The monoisotopic (exact) mass is 312 g/mol. The average molecular weight is 312 g/mol. The molecular formula is C11H24N2O4S2. The average Bonchev–Trinajstić information content (AvgIpc) is 2.29. The molecule has 114 valence electrons. The van der Waals surface area contributed by atoms with Crippen LogP contribution in [0.1, 0.15) is 32.6 Å². The summed E-state index contributed by atoms with van der Waals surface area (Å²) in [6, 6.07) is 0.418. The van der Waals surface area contributed by atoms with Crippen molar-refractivity contribution in [3.63, 3.8) is 0 Å². The number of hydrogen-bond donors (Lipinski definition) is 2. The molecule has 0 saturated heterocycles. The lowest BCUT2D eigenvalue weighted by atomic mass is 9.92. The molecule has 1 fully saturated rings. The number of sulfone groups is 1. The minimum Gasteiger partial charge on any atom is -0.314 e. The Bertz CT molecular complexity index is 465. The molecule has 0 spiro atoms. The maximum absolute atomic E-state index is 11.8. The first-order chi connectivity index (χ1) is 8.72. The zero-order valence-corrected chi connectivity index (χ0v) is 13.2.